The van der Waals surface area contributed by atoms with E-state index in [0.717, 1.165) is 46.4 Å². The molecule has 1 N–H and O–H groups in total. The van der Waals surface area contributed by atoms with Crippen LogP contribution in [0.25, 0.3) is 15.9 Å². The summed E-state index contributed by atoms with van der Waals surface area (Å²) < 4.78 is 7.21. The highest BCUT2D eigenvalue weighted by Crippen LogP contribution is 2.40. The molecule has 1 aliphatic rings. The number of nitrogens with zero attached hydrogens (tertiary/aromatic N) is 2. The van der Waals surface area contributed by atoms with E-state index in [-0.39, 0.29) is 11.9 Å². The first-order valence-electron chi connectivity index (χ1n) is 11.1. The average molecular weight is 480 g/mol. The number of aromatic nitrogens is 2. The van der Waals surface area contributed by atoms with E-state index in [9.17, 15) is 9.59 Å². The van der Waals surface area contributed by atoms with Crippen LogP contribution in [-0.2, 0) is 17.6 Å². The third-order valence-corrected chi connectivity index (χ3v) is 8.27. The lowest BCUT2D eigenvalue weighted by Crippen LogP contribution is -2.16. The Balaban J connectivity index is 1.50. The molecule has 3 aromatic heterocycles. The summed E-state index contributed by atoms with van der Waals surface area (Å²) in [6.45, 7) is 6.27. The van der Waals surface area contributed by atoms with E-state index in [1.807, 2.05) is 48.0 Å². The van der Waals surface area contributed by atoms with Crippen LogP contribution in [0, 0.1) is 12.8 Å². The summed E-state index contributed by atoms with van der Waals surface area (Å²) >= 11 is 2.91. The Morgan fingerprint density at radius 1 is 1.24 bits per heavy atom. The van der Waals surface area contributed by atoms with Crippen LogP contribution in [0.1, 0.15) is 56.4 Å². The normalized spacial score (nSPS) is 15.4. The van der Waals surface area contributed by atoms with Crippen LogP contribution in [0.2, 0.25) is 0 Å². The molecule has 0 fully saturated rings. The van der Waals surface area contributed by atoms with Crippen molar-refractivity contribution >= 4 is 49.8 Å². The highest BCUT2D eigenvalue weighted by Gasteiger charge is 2.29. The van der Waals surface area contributed by atoms with Crippen molar-refractivity contribution in [2.45, 2.75) is 40.0 Å². The maximum atomic E-state index is 13.3. The third kappa shape index (κ3) is 3.98. The van der Waals surface area contributed by atoms with Crippen LogP contribution in [0.15, 0.2) is 36.4 Å². The van der Waals surface area contributed by atoms with Crippen molar-refractivity contribution in [3.05, 3.63) is 63.0 Å². The number of nitrogens with one attached hydrogen (secondary N) is 1. The number of aryl methyl sites for hydroxylation is 1. The molecule has 170 valence electrons. The summed E-state index contributed by atoms with van der Waals surface area (Å²) in [4.78, 5) is 28.7. The van der Waals surface area contributed by atoms with Crippen molar-refractivity contribution < 1.29 is 14.3 Å². The quantitative estimate of drug-likeness (QED) is 0.356. The first-order valence-corrected chi connectivity index (χ1v) is 12.8. The van der Waals surface area contributed by atoms with Gasteiger partial charge in [-0.3, -0.25) is 4.79 Å². The molecular formula is C25H25N3O3S2. The van der Waals surface area contributed by atoms with Gasteiger partial charge in [0.1, 0.15) is 9.83 Å². The van der Waals surface area contributed by atoms with Gasteiger partial charge in [-0.25, -0.2) is 9.48 Å². The van der Waals surface area contributed by atoms with Gasteiger partial charge < -0.3 is 10.1 Å². The van der Waals surface area contributed by atoms with Gasteiger partial charge in [0.25, 0.3) is 5.91 Å². The zero-order valence-corrected chi connectivity index (χ0v) is 20.4. The summed E-state index contributed by atoms with van der Waals surface area (Å²) in [5.41, 5.74) is 3.40. The van der Waals surface area contributed by atoms with Crippen molar-refractivity contribution in [3.8, 4) is 5.69 Å². The number of anilines is 1. The fourth-order valence-electron chi connectivity index (χ4n) is 4.33. The van der Waals surface area contributed by atoms with Crippen molar-refractivity contribution in [3.63, 3.8) is 0 Å². The van der Waals surface area contributed by atoms with Crippen LogP contribution in [0.4, 0.5) is 5.00 Å². The molecule has 0 aliphatic heterocycles. The zero-order valence-electron chi connectivity index (χ0n) is 18.8. The highest BCUT2D eigenvalue weighted by molar-refractivity contribution is 7.21. The maximum absolute atomic E-state index is 13.3. The predicted molar refractivity (Wildman–Crippen MR) is 133 cm³/mol. The minimum atomic E-state index is -0.355. The van der Waals surface area contributed by atoms with E-state index >= 15 is 0 Å². The van der Waals surface area contributed by atoms with Gasteiger partial charge in [-0.1, -0.05) is 25.1 Å². The number of thiophene rings is 2. The molecule has 0 bridgehead atoms. The summed E-state index contributed by atoms with van der Waals surface area (Å²) in [6, 6.07) is 11.8. The number of carbonyl (C=O) groups excluding carboxylic acids is 2. The van der Waals surface area contributed by atoms with Crippen molar-refractivity contribution in [1.29, 1.82) is 0 Å². The molecule has 0 unspecified atom stereocenters. The average Bonchev–Trinajstić information content (AvgIpc) is 3.47. The Hall–Kier alpha value is -2.97. The van der Waals surface area contributed by atoms with Crippen molar-refractivity contribution in [1.82, 2.24) is 9.78 Å². The van der Waals surface area contributed by atoms with Gasteiger partial charge in [0.2, 0.25) is 0 Å². The molecule has 1 aromatic carbocycles. The molecule has 1 atom stereocenters. The second-order valence-corrected chi connectivity index (χ2v) is 10.5. The van der Waals surface area contributed by atoms with Gasteiger partial charge in [0.05, 0.1) is 28.4 Å². The molecular weight excluding hydrogens is 454 g/mol. The number of rotatable bonds is 5. The van der Waals surface area contributed by atoms with E-state index in [1.54, 1.807) is 6.92 Å². The van der Waals surface area contributed by atoms with Gasteiger partial charge >= 0.3 is 5.97 Å². The lowest BCUT2D eigenvalue weighted by molar-refractivity contribution is 0.0526. The Labute approximate surface area is 200 Å². The van der Waals surface area contributed by atoms with Gasteiger partial charge in [-0.2, -0.15) is 5.10 Å². The first-order chi connectivity index (χ1) is 16.0. The summed E-state index contributed by atoms with van der Waals surface area (Å²) in [6.07, 6.45) is 2.80. The zero-order chi connectivity index (χ0) is 23.1. The van der Waals surface area contributed by atoms with E-state index in [0.29, 0.717) is 28.0 Å². The van der Waals surface area contributed by atoms with E-state index < -0.39 is 0 Å². The number of fused-ring (bicyclic) bond motifs is 2. The Morgan fingerprint density at radius 3 is 2.79 bits per heavy atom. The van der Waals surface area contributed by atoms with Gasteiger partial charge in [-0.15, -0.1) is 22.7 Å². The van der Waals surface area contributed by atoms with Crippen molar-refractivity contribution in [2.24, 2.45) is 5.92 Å². The molecule has 0 radical (unpaired) electrons. The number of amides is 1. The number of benzene rings is 1. The number of carbonyl (C=O) groups is 2. The number of ether oxygens (including phenoxy) is 1. The first kappa shape index (κ1) is 21.9. The maximum Gasteiger partial charge on any atom is 0.341 e. The molecule has 1 amide bonds. The minimum Gasteiger partial charge on any atom is -0.462 e. The van der Waals surface area contributed by atoms with Crippen LogP contribution in [-0.4, -0.2) is 28.3 Å². The van der Waals surface area contributed by atoms with Crippen LogP contribution < -0.4 is 5.32 Å². The number of hydrogen-bond acceptors (Lipinski definition) is 6. The van der Waals surface area contributed by atoms with Crippen molar-refractivity contribution in [2.75, 3.05) is 11.9 Å². The molecule has 0 saturated carbocycles. The number of hydrogen-bond donors (Lipinski definition) is 1. The van der Waals surface area contributed by atoms with Gasteiger partial charge in [0, 0.05) is 10.3 Å². The highest BCUT2D eigenvalue weighted by atomic mass is 32.1. The summed E-state index contributed by atoms with van der Waals surface area (Å²) in [5, 5.41) is 9.23. The summed E-state index contributed by atoms with van der Waals surface area (Å²) in [5.74, 6) is 0.000382. The van der Waals surface area contributed by atoms with Gasteiger partial charge in [0.15, 0.2) is 0 Å². The smallest absolute Gasteiger partial charge is 0.341 e. The van der Waals surface area contributed by atoms with Gasteiger partial charge in [-0.05, 0) is 62.8 Å². The van der Waals surface area contributed by atoms with E-state index in [1.165, 1.54) is 27.6 Å². The number of para-hydroxylation sites is 1. The van der Waals surface area contributed by atoms with Crippen LogP contribution in [0.3, 0.4) is 0 Å². The standard InChI is InChI=1S/C25H25N3O3S2/c1-4-31-25(30)21-17-11-10-14(2)12-19(17)32-23(21)26-22(29)20-13-18-15(3)27-28(24(18)33-20)16-8-6-5-7-9-16/h5-9,13-14H,4,10-12H2,1-3H3,(H,26,29)/t14-/m1/s1. The number of esters is 1. The predicted octanol–water partition coefficient (Wildman–Crippen LogP) is 6.01. The monoisotopic (exact) mass is 479 g/mol. The lowest BCUT2D eigenvalue weighted by atomic mass is 9.88. The van der Waals surface area contributed by atoms with Crippen LogP contribution >= 0.6 is 22.7 Å². The molecule has 0 spiro atoms. The molecule has 8 heteroatoms. The molecule has 4 aromatic rings. The minimum absolute atomic E-state index is 0.215. The van der Waals surface area contributed by atoms with Crippen LogP contribution in [0.5, 0.6) is 0 Å². The molecule has 33 heavy (non-hydrogen) atoms. The third-order valence-electron chi connectivity index (χ3n) is 5.99. The molecule has 1 aliphatic carbocycles. The molecule has 0 saturated heterocycles. The Kier molecular flexibility index (Phi) is 5.80. The second kappa shape index (κ2) is 8.76. The molecule has 6 nitrogen and oxygen atoms in total. The largest absolute Gasteiger partial charge is 0.462 e. The summed E-state index contributed by atoms with van der Waals surface area (Å²) in [7, 11) is 0. The van der Waals surface area contributed by atoms with E-state index in [2.05, 4.69) is 17.3 Å². The second-order valence-electron chi connectivity index (χ2n) is 8.39. The SMILES string of the molecule is CCOC(=O)c1c(NC(=O)c2cc3c(C)nn(-c4ccccc4)c3s2)sc2c1CC[C@@H](C)C2. The lowest BCUT2D eigenvalue weighted by Gasteiger charge is -2.18. The fourth-order valence-corrected chi connectivity index (χ4v) is 6.80. The fraction of sp³-hybridized carbons (Fsp3) is 0.320. The molecule has 5 rings (SSSR count). The van der Waals surface area contributed by atoms with E-state index in [4.69, 9.17) is 4.74 Å². The molecule has 3 heterocycles. The Bertz CT molecular complexity index is 1350. The Morgan fingerprint density at radius 2 is 2.03 bits per heavy atom. The topological polar surface area (TPSA) is 73.2 Å².